The first-order valence-electron chi connectivity index (χ1n) is 9.10. The van der Waals surface area contributed by atoms with Crippen molar-refractivity contribution in [3.8, 4) is 11.5 Å². The molecule has 1 aliphatic rings. The Morgan fingerprint density at radius 2 is 1.24 bits per heavy atom. The predicted octanol–water partition coefficient (Wildman–Crippen LogP) is 3.24. The first kappa shape index (κ1) is 20.7. The molecule has 0 N–H and O–H groups in total. The number of hydrogen-bond donors (Lipinski definition) is 0. The number of methoxy groups -OCH3 is 4. The summed E-state index contributed by atoms with van der Waals surface area (Å²) in [4.78, 5) is 25.7. The lowest BCUT2D eigenvalue weighted by Crippen LogP contribution is -2.43. The van der Waals surface area contributed by atoms with Crippen molar-refractivity contribution in [2.75, 3.05) is 28.4 Å². The van der Waals surface area contributed by atoms with Gasteiger partial charge < -0.3 is 23.7 Å². The minimum absolute atomic E-state index is 0.0926. The third-order valence-electron chi connectivity index (χ3n) is 5.26. The van der Waals surface area contributed by atoms with Crippen LogP contribution in [0.3, 0.4) is 0 Å². The molecule has 2 aromatic rings. The Balaban J connectivity index is 2.06. The molecule has 0 aromatic heterocycles. The van der Waals surface area contributed by atoms with Gasteiger partial charge in [-0.15, -0.1) is 0 Å². The zero-order chi connectivity index (χ0) is 21.0. The number of benzene rings is 2. The van der Waals surface area contributed by atoms with Crippen LogP contribution in [0.1, 0.15) is 29.8 Å². The molecule has 154 valence electrons. The average molecular weight is 400 g/mol. The quantitative estimate of drug-likeness (QED) is 0.544. The maximum Gasteiger partial charge on any atom is 0.326 e. The molecule has 7 nitrogen and oxygen atoms in total. The van der Waals surface area contributed by atoms with Gasteiger partial charge in [0.2, 0.25) is 0 Å². The second-order valence-corrected chi connectivity index (χ2v) is 6.71. The van der Waals surface area contributed by atoms with E-state index in [-0.39, 0.29) is 6.42 Å². The maximum absolute atomic E-state index is 12.9. The third kappa shape index (κ3) is 3.65. The van der Waals surface area contributed by atoms with Gasteiger partial charge in [-0.25, -0.2) is 0 Å². The fourth-order valence-electron chi connectivity index (χ4n) is 3.71. The Kier molecular flexibility index (Phi) is 6.08. The van der Waals surface area contributed by atoms with Gasteiger partial charge in [-0.3, -0.25) is 9.59 Å². The summed E-state index contributed by atoms with van der Waals surface area (Å²) in [6.07, 6.45) is -1.29. The standard InChI is InChI=1S/C22H24O7/c1-25-16-9-5-14(6-10-16)18-13-22(20(23)27-3,21(24)28-4)19(29-18)15-7-11-17(26-2)12-8-15/h5-12,18-19H,13H2,1-4H3/t18-,19-/m1/s1. The molecule has 0 spiro atoms. The van der Waals surface area contributed by atoms with E-state index >= 15 is 0 Å². The van der Waals surface area contributed by atoms with Gasteiger partial charge in [0, 0.05) is 6.42 Å². The summed E-state index contributed by atoms with van der Waals surface area (Å²) in [7, 11) is 5.64. The van der Waals surface area contributed by atoms with Crippen molar-refractivity contribution in [2.24, 2.45) is 5.41 Å². The van der Waals surface area contributed by atoms with Crippen molar-refractivity contribution in [3.05, 3.63) is 59.7 Å². The van der Waals surface area contributed by atoms with E-state index < -0.39 is 29.6 Å². The van der Waals surface area contributed by atoms with E-state index in [1.54, 1.807) is 50.6 Å². The molecular formula is C22H24O7. The molecule has 1 aliphatic heterocycles. The molecule has 1 heterocycles. The highest BCUT2D eigenvalue weighted by Gasteiger charge is 2.62. The number of carbonyl (C=O) groups excluding carboxylic acids is 2. The Morgan fingerprint density at radius 3 is 1.66 bits per heavy atom. The summed E-state index contributed by atoms with van der Waals surface area (Å²) in [6.45, 7) is 0. The van der Waals surface area contributed by atoms with Crippen molar-refractivity contribution < 1.29 is 33.3 Å². The maximum atomic E-state index is 12.9. The SMILES string of the molecule is COC(=O)C1(C(=O)OC)C[C@H](c2ccc(OC)cc2)O[C@@H]1c1ccc(OC)cc1. The van der Waals surface area contributed by atoms with Crippen LogP contribution in [0, 0.1) is 5.41 Å². The minimum atomic E-state index is -1.62. The summed E-state index contributed by atoms with van der Waals surface area (Å²) in [5.74, 6) is -0.0341. The van der Waals surface area contributed by atoms with Crippen LogP contribution in [0.5, 0.6) is 11.5 Å². The molecule has 0 radical (unpaired) electrons. The predicted molar refractivity (Wildman–Crippen MR) is 104 cm³/mol. The lowest BCUT2D eigenvalue weighted by molar-refractivity contribution is -0.173. The van der Waals surface area contributed by atoms with Gasteiger partial charge in [0.25, 0.3) is 0 Å². The topological polar surface area (TPSA) is 80.3 Å². The van der Waals surface area contributed by atoms with Gasteiger partial charge in [-0.05, 0) is 35.4 Å². The second-order valence-electron chi connectivity index (χ2n) is 6.71. The monoisotopic (exact) mass is 400 g/mol. The largest absolute Gasteiger partial charge is 0.497 e. The molecule has 0 saturated carbocycles. The van der Waals surface area contributed by atoms with Gasteiger partial charge in [-0.1, -0.05) is 24.3 Å². The Bertz CT molecular complexity index is 842. The normalized spacial score (nSPS) is 20.0. The molecule has 1 saturated heterocycles. The highest BCUT2D eigenvalue weighted by atomic mass is 16.6. The second kappa shape index (κ2) is 8.53. The molecule has 1 fully saturated rings. The number of ether oxygens (including phenoxy) is 5. The van der Waals surface area contributed by atoms with Crippen molar-refractivity contribution in [1.82, 2.24) is 0 Å². The summed E-state index contributed by atoms with van der Waals surface area (Å²) in [6, 6.07) is 14.3. The third-order valence-corrected chi connectivity index (χ3v) is 5.26. The molecule has 0 amide bonds. The average Bonchev–Trinajstić information content (AvgIpc) is 3.19. The van der Waals surface area contributed by atoms with Gasteiger partial charge in [0.15, 0.2) is 5.41 Å². The van der Waals surface area contributed by atoms with Crippen LogP contribution in [-0.2, 0) is 23.8 Å². The number of esters is 2. The fraction of sp³-hybridized carbons (Fsp3) is 0.364. The van der Waals surface area contributed by atoms with E-state index in [9.17, 15) is 9.59 Å². The van der Waals surface area contributed by atoms with E-state index in [2.05, 4.69) is 0 Å². The van der Waals surface area contributed by atoms with Gasteiger partial charge in [0.05, 0.1) is 34.5 Å². The van der Waals surface area contributed by atoms with E-state index in [4.69, 9.17) is 23.7 Å². The Morgan fingerprint density at radius 1 is 0.793 bits per heavy atom. The number of carbonyl (C=O) groups is 2. The summed E-state index contributed by atoms with van der Waals surface area (Å²) >= 11 is 0. The van der Waals surface area contributed by atoms with E-state index in [1.807, 2.05) is 12.1 Å². The zero-order valence-corrected chi connectivity index (χ0v) is 16.8. The highest BCUT2D eigenvalue weighted by molar-refractivity contribution is 6.01. The first-order valence-corrected chi connectivity index (χ1v) is 9.10. The molecule has 3 rings (SSSR count). The van der Waals surface area contributed by atoms with Crippen LogP contribution >= 0.6 is 0 Å². The van der Waals surface area contributed by atoms with Gasteiger partial charge >= 0.3 is 11.9 Å². The van der Waals surface area contributed by atoms with E-state index in [0.29, 0.717) is 17.1 Å². The number of rotatable bonds is 6. The molecule has 0 unspecified atom stereocenters. The van der Waals surface area contributed by atoms with Crippen LogP contribution in [0.4, 0.5) is 0 Å². The molecule has 29 heavy (non-hydrogen) atoms. The van der Waals surface area contributed by atoms with Crippen molar-refractivity contribution in [1.29, 1.82) is 0 Å². The van der Waals surface area contributed by atoms with Crippen LogP contribution in [0.15, 0.2) is 48.5 Å². The summed E-state index contributed by atoms with van der Waals surface area (Å²) < 4.78 is 26.7. The fourth-order valence-corrected chi connectivity index (χ4v) is 3.71. The molecule has 7 heteroatoms. The lowest BCUT2D eigenvalue weighted by Gasteiger charge is -2.28. The molecule has 2 aromatic carbocycles. The zero-order valence-electron chi connectivity index (χ0n) is 16.8. The van der Waals surface area contributed by atoms with Crippen LogP contribution in [0.2, 0.25) is 0 Å². The van der Waals surface area contributed by atoms with E-state index in [1.165, 1.54) is 14.2 Å². The van der Waals surface area contributed by atoms with Crippen LogP contribution in [0.25, 0.3) is 0 Å². The molecule has 0 aliphatic carbocycles. The molecule has 0 bridgehead atoms. The smallest absolute Gasteiger partial charge is 0.326 e. The minimum Gasteiger partial charge on any atom is -0.497 e. The summed E-state index contributed by atoms with van der Waals surface area (Å²) in [5.41, 5.74) is -0.153. The molecule has 2 atom stereocenters. The first-order chi connectivity index (χ1) is 14.0. The lowest BCUT2D eigenvalue weighted by atomic mass is 9.76. The van der Waals surface area contributed by atoms with E-state index in [0.717, 1.165) is 5.56 Å². The van der Waals surface area contributed by atoms with Crippen molar-refractivity contribution in [3.63, 3.8) is 0 Å². The van der Waals surface area contributed by atoms with Gasteiger partial charge in [0.1, 0.15) is 17.6 Å². The van der Waals surface area contributed by atoms with Crippen LogP contribution in [-0.4, -0.2) is 40.4 Å². The Hall–Kier alpha value is -3.06. The Labute approximate surface area is 169 Å². The van der Waals surface area contributed by atoms with Crippen molar-refractivity contribution >= 4 is 11.9 Å². The highest BCUT2D eigenvalue weighted by Crippen LogP contribution is 2.55. The molecular weight excluding hydrogens is 376 g/mol. The summed E-state index contributed by atoms with van der Waals surface area (Å²) in [5, 5.41) is 0. The van der Waals surface area contributed by atoms with Gasteiger partial charge in [-0.2, -0.15) is 0 Å². The number of hydrogen-bond acceptors (Lipinski definition) is 7. The van der Waals surface area contributed by atoms with Crippen LogP contribution < -0.4 is 9.47 Å². The van der Waals surface area contributed by atoms with Crippen molar-refractivity contribution in [2.45, 2.75) is 18.6 Å².